The van der Waals surface area contributed by atoms with E-state index in [2.05, 4.69) is 4.98 Å². The molecule has 0 fully saturated rings. The summed E-state index contributed by atoms with van der Waals surface area (Å²) in [6.45, 7) is 0.468. The standard InChI is InChI=1S/C13H13ClN2O2/c1-16(8-9-2-4-11(17)5-3-9)13(18)12-6-10(14)7-15-12/h2-7,15,17H,8H2,1H3. The van der Waals surface area contributed by atoms with Gasteiger partial charge in [-0.2, -0.15) is 0 Å². The molecule has 94 valence electrons. The zero-order valence-electron chi connectivity index (χ0n) is 9.85. The van der Waals surface area contributed by atoms with Crippen LogP contribution in [0, 0.1) is 0 Å². The van der Waals surface area contributed by atoms with Crippen LogP contribution in [0.1, 0.15) is 16.1 Å². The lowest BCUT2D eigenvalue weighted by Gasteiger charge is -2.16. The largest absolute Gasteiger partial charge is 0.508 e. The summed E-state index contributed by atoms with van der Waals surface area (Å²) in [5.41, 5.74) is 1.41. The monoisotopic (exact) mass is 264 g/mol. The second-order valence-electron chi connectivity index (χ2n) is 4.06. The summed E-state index contributed by atoms with van der Waals surface area (Å²) in [6.07, 6.45) is 1.57. The first kappa shape index (κ1) is 12.5. The predicted octanol–water partition coefficient (Wildman–Crippen LogP) is 2.65. The number of rotatable bonds is 3. The van der Waals surface area contributed by atoms with Gasteiger partial charge in [0, 0.05) is 19.8 Å². The van der Waals surface area contributed by atoms with E-state index < -0.39 is 0 Å². The van der Waals surface area contributed by atoms with E-state index >= 15 is 0 Å². The highest BCUT2D eigenvalue weighted by molar-refractivity contribution is 6.30. The van der Waals surface area contributed by atoms with Crippen LogP contribution in [0.3, 0.4) is 0 Å². The third-order valence-corrected chi connectivity index (χ3v) is 2.80. The van der Waals surface area contributed by atoms with Gasteiger partial charge in [0.25, 0.3) is 5.91 Å². The molecule has 0 unspecified atom stereocenters. The lowest BCUT2D eigenvalue weighted by Crippen LogP contribution is -2.26. The van der Waals surface area contributed by atoms with Gasteiger partial charge in [-0.25, -0.2) is 0 Å². The Morgan fingerprint density at radius 3 is 2.61 bits per heavy atom. The third-order valence-electron chi connectivity index (χ3n) is 2.58. The number of hydrogen-bond donors (Lipinski definition) is 2. The molecule has 0 atom stereocenters. The number of aromatic amines is 1. The Balaban J connectivity index is 2.05. The molecule has 2 rings (SSSR count). The molecular weight excluding hydrogens is 252 g/mol. The molecule has 0 saturated carbocycles. The van der Waals surface area contributed by atoms with Crippen molar-refractivity contribution in [3.63, 3.8) is 0 Å². The van der Waals surface area contributed by atoms with Crippen molar-refractivity contribution < 1.29 is 9.90 Å². The van der Waals surface area contributed by atoms with Crippen molar-refractivity contribution >= 4 is 17.5 Å². The first-order valence-corrected chi connectivity index (χ1v) is 5.81. The molecule has 0 bridgehead atoms. The Bertz CT molecular complexity index is 548. The minimum absolute atomic E-state index is 0.130. The quantitative estimate of drug-likeness (QED) is 0.895. The summed E-state index contributed by atoms with van der Waals surface area (Å²) >= 11 is 5.76. The molecule has 0 saturated heterocycles. The highest BCUT2D eigenvalue weighted by Gasteiger charge is 2.13. The van der Waals surface area contributed by atoms with E-state index in [4.69, 9.17) is 11.6 Å². The first-order chi connectivity index (χ1) is 8.56. The average molecular weight is 265 g/mol. The Labute approximate surface area is 110 Å². The number of nitrogens with zero attached hydrogens (tertiary/aromatic N) is 1. The fourth-order valence-electron chi connectivity index (χ4n) is 1.64. The summed E-state index contributed by atoms with van der Waals surface area (Å²) in [4.78, 5) is 16.4. The first-order valence-electron chi connectivity index (χ1n) is 5.43. The van der Waals surface area contributed by atoms with Gasteiger partial charge >= 0.3 is 0 Å². The van der Waals surface area contributed by atoms with E-state index in [-0.39, 0.29) is 11.7 Å². The number of phenolic OH excluding ortho intramolecular Hbond substituents is 1. The van der Waals surface area contributed by atoms with Gasteiger partial charge in [0.2, 0.25) is 0 Å². The van der Waals surface area contributed by atoms with Crippen LogP contribution in [0.2, 0.25) is 5.02 Å². The van der Waals surface area contributed by atoms with Gasteiger partial charge in [0.1, 0.15) is 11.4 Å². The lowest BCUT2D eigenvalue weighted by atomic mass is 10.2. The van der Waals surface area contributed by atoms with E-state index in [9.17, 15) is 9.90 Å². The molecule has 2 N–H and O–H groups in total. The molecule has 1 aromatic heterocycles. The van der Waals surface area contributed by atoms with Crippen LogP contribution >= 0.6 is 11.6 Å². The van der Waals surface area contributed by atoms with Crippen molar-refractivity contribution in [3.05, 3.63) is 52.8 Å². The second-order valence-corrected chi connectivity index (χ2v) is 4.50. The molecule has 1 aromatic carbocycles. The fraction of sp³-hybridized carbons (Fsp3) is 0.154. The Morgan fingerprint density at radius 1 is 1.39 bits per heavy atom. The van der Waals surface area contributed by atoms with Crippen molar-refractivity contribution in [2.24, 2.45) is 0 Å². The molecule has 1 amide bonds. The van der Waals surface area contributed by atoms with E-state index in [1.807, 2.05) is 0 Å². The van der Waals surface area contributed by atoms with Crippen LogP contribution in [0.4, 0.5) is 0 Å². The SMILES string of the molecule is CN(Cc1ccc(O)cc1)C(=O)c1cc(Cl)c[nH]1. The molecule has 4 nitrogen and oxygen atoms in total. The minimum Gasteiger partial charge on any atom is -0.508 e. The van der Waals surface area contributed by atoms with Crippen LogP contribution in [0.5, 0.6) is 5.75 Å². The summed E-state index contributed by atoms with van der Waals surface area (Å²) in [7, 11) is 1.71. The molecule has 0 radical (unpaired) electrons. The maximum atomic E-state index is 12.0. The van der Waals surface area contributed by atoms with Crippen molar-refractivity contribution in [1.82, 2.24) is 9.88 Å². The zero-order valence-corrected chi connectivity index (χ0v) is 10.6. The number of phenols is 1. The van der Waals surface area contributed by atoms with Crippen molar-refractivity contribution in [2.75, 3.05) is 7.05 Å². The summed E-state index contributed by atoms with van der Waals surface area (Å²) < 4.78 is 0. The summed E-state index contributed by atoms with van der Waals surface area (Å²) in [5, 5.41) is 9.69. The Morgan fingerprint density at radius 2 is 2.06 bits per heavy atom. The van der Waals surface area contributed by atoms with E-state index in [0.29, 0.717) is 17.3 Å². The number of hydrogen-bond acceptors (Lipinski definition) is 2. The topological polar surface area (TPSA) is 56.3 Å². The Hall–Kier alpha value is -1.94. The van der Waals surface area contributed by atoms with E-state index in [1.54, 1.807) is 48.5 Å². The zero-order chi connectivity index (χ0) is 13.1. The molecule has 5 heteroatoms. The number of aromatic hydroxyl groups is 1. The normalized spacial score (nSPS) is 10.3. The maximum absolute atomic E-state index is 12.0. The van der Waals surface area contributed by atoms with E-state index in [1.165, 1.54) is 0 Å². The minimum atomic E-state index is -0.130. The van der Waals surface area contributed by atoms with Gasteiger partial charge in [-0.15, -0.1) is 0 Å². The van der Waals surface area contributed by atoms with Crippen LogP contribution in [0.15, 0.2) is 36.5 Å². The molecular formula is C13H13ClN2O2. The number of carbonyl (C=O) groups excluding carboxylic acids is 1. The number of benzene rings is 1. The predicted molar refractivity (Wildman–Crippen MR) is 69.7 cm³/mol. The number of carbonyl (C=O) groups is 1. The number of H-pyrrole nitrogens is 1. The second kappa shape index (κ2) is 5.14. The number of nitrogens with one attached hydrogen (secondary N) is 1. The smallest absolute Gasteiger partial charge is 0.270 e. The number of amides is 1. The highest BCUT2D eigenvalue weighted by atomic mass is 35.5. The third kappa shape index (κ3) is 2.84. The van der Waals surface area contributed by atoms with Gasteiger partial charge in [-0.1, -0.05) is 23.7 Å². The average Bonchev–Trinajstić information content (AvgIpc) is 2.78. The molecule has 1 heterocycles. The number of aromatic nitrogens is 1. The van der Waals surface area contributed by atoms with Gasteiger partial charge in [-0.05, 0) is 23.8 Å². The van der Waals surface area contributed by atoms with E-state index in [0.717, 1.165) is 5.56 Å². The summed E-state index contributed by atoms with van der Waals surface area (Å²) in [5.74, 6) is 0.0823. The highest BCUT2D eigenvalue weighted by Crippen LogP contribution is 2.14. The van der Waals surface area contributed by atoms with Crippen molar-refractivity contribution in [3.8, 4) is 5.75 Å². The van der Waals surface area contributed by atoms with Gasteiger partial charge in [0.15, 0.2) is 0 Å². The molecule has 0 aliphatic carbocycles. The summed E-state index contributed by atoms with van der Waals surface area (Å²) in [6, 6.07) is 8.34. The molecule has 2 aromatic rings. The molecule has 18 heavy (non-hydrogen) atoms. The van der Waals surface area contributed by atoms with Gasteiger partial charge < -0.3 is 15.0 Å². The molecule has 0 aliphatic heterocycles. The molecule has 0 aliphatic rings. The fourth-order valence-corrected chi connectivity index (χ4v) is 1.81. The van der Waals surface area contributed by atoms with Crippen LogP contribution in [-0.2, 0) is 6.54 Å². The van der Waals surface area contributed by atoms with Crippen LogP contribution in [0.25, 0.3) is 0 Å². The van der Waals surface area contributed by atoms with Crippen LogP contribution < -0.4 is 0 Å². The maximum Gasteiger partial charge on any atom is 0.270 e. The Kier molecular flexibility index (Phi) is 3.58. The van der Waals surface area contributed by atoms with Crippen LogP contribution in [-0.4, -0.2) is 27.9 Å². The van der Waals surface area contributed by atoms with Crippen molar-refractivity contribution in [2.45, 2.75) is 6.54 Å². The number of halogens is 1. The lowest BCUT2D eigenvalue weighted by molar-refractivity contribution is 0.0780. The molecule has 0 spiro atoms. The van der Waals surface area contributed by atoms with Gasteiger partial charge in [-0.3, -0.25) is 4.79 Å². The van der Waals surface area contributed by atoms with Crippen molar-refractivity contribution in [1.29, 1.82) is 0 Å². The van der Waals surface area contributed by atoms with Gasteiger partial charge in [0.05, 0.1) is 5.02 Å².